The molecule has 4 rings (SSSR count). The number of rotatable bonds is 5. The zero-order valence-corrected chi connectivity index (χ0v) is 14.9. The van der Waals surface area contributed by atoms with Crippen molar-refractivity contribution < 1.29 is 14.6 Å². The Morgan fingerprint density at radius 3 is 2.81 bits per heavy atom. The van der Waals surface area contributed by atoms with Gasteiger partial charge in [-0.2, -0.15) is 0 Å². The Labute approximate surface area is 153 Å². The van der Waals surface area contributed by atoms with Crippen molar-refractivity contribution >= 4 is 5.91 Å². The van der Waals surface area contributed by atoms with Gasteiger partial charge in [-0.1, -0.05) is 36.4 Å². The van der Waals surface area contributed by atoms with Gasteiger partial charge in [0.2, 0.25) is 5.91 Å². The summed E-state index contributed by atoms with van der Waals surface area (Å²) in [5.41, 5.74) is 2.73. The van der Waals surface area contributed by atoms with Crippen LogP contribution in [0.2, 0.25) is 0 Å². The van der Waals surface area contributed by atoms with Gasteiger partial charge in [-0.3, -0.25) is 4.79 Å². The Hall–Kier alpha value is -2.37. The molecular weight excluding hydrogens is 328 g/mol. The van der Waals surface area contributed by atoms with E-state index in [4.69, 9.17) is 4.74 Å². The molecule has 2 atom stereocenters. The first-order valence-electron chi connectivity index (χ1n) is 9.02. The topological polar surface area (TPSA) is 70.6 Å². The lowest BCUT2D eigenvalue weighted by Gasteiger charge is -2.42. The molecule has 1 aliphatic heterocycles. The van der Waals surface area contributed by atoms with Crippen LogP contribution in [0.1, 0.15) is 22.7 Å². The van der Waals surface area contributed by atoms with E-state index in [9.17, 15) is 9.90 Å². The molecule has 0 aromatic heterocycles. The molecule has 0 unspecified atom stereocenters. The van der Waals surface area contributed by atoms with E-state index in [0.29, 0.717) is 25.9 Å². The number of carbonyl (C=O) groups is 1. The number of aliphatic hydroxyl groups excluding tert-OH is 1. The third-order valence-corrected chi connectivity index (χ3v) is 5.58. The van der Waals surface area contributed by atoms with Crippen molar-refractivity contribution in [3.05, 3.63) is 65.2 Å². The van der Waals surface area contributed by atoms with Crippen LogP contribution in [0.5, 0.6) is 5.75 Å². The molecule has 2 aromatic carbocycles. The number of nitrogens with one attached hydrogen (secondary N) is 2. The summed E-state index contributed by atoms with van der Waals surface area (Å²) in [6.07, 6.45) is 0.661. The molecule has 1 heterocycles. The second-order valence-electron chi connectivity index (χ2n) is 7.33. The number of benzene rings is 2. The highest BCUT2D eigenvalue weighted by molar-refractivity contribution is 5.85. The van der Waals surface area contributed by atoms with Crippen molar-refractivity contribution in [1.29, 1.82) is 0 Å². The number of fused-ring (bicyclic) bond motifs is 1. The summed E-state index contributed by atoms with van der Waals surface area (Å²) in [6.45, 7) is 1.28. The molecule has 0 saturated carbocycles. The summed E-state index contributed by atoms with van der Waals surface area (Å²) in [4.78, 5) is 13.1. The highest BCUT2D eigenvalue weighted by Gasteiger charge is 2.46. The molecule has 2 aromatic rings. The first kappa shape index (κ1) is 17.1. The predicted octanol–water partition coefficient (Wildman–Crippen LogP) is 1.60. The number of carbonyl (C=O) groups excluding carboxylic acids is 1. The van der Waals surface area contributed by atoms with Gasteiger partial charge < -0.3 is 20.5 Å². The van der Waals surface area contributed by atoms with E-state index < -0.39 is 11.5 Å². The third kappa shape index (κ3) is 2.97. The fourth-order valence-electron chi connectivity index (χ4n) is 4.01. The molecule has 5 nitrogen and oxygen atoms in total. The predicted molar refractivity (Wildman–Crippen MR) is 99.0 cm³/mol. The van der Waals surface area contributed by atoms with E-state index in [0.717, 1.165) is 22.4 Å². The highest BCUT2D eigenvalue weighted by atomic mass is 16.5. The molecule has 0 radical (unpaired) electrons. The minimum absolute atomic E-state index is 0.000164. The molecule has 1 saturated heterocycles. The fourth-order valence-corrected chi connectivity index (χ4v) is 4.01. The van der Waals surface area contributed by atoms with Crippen molar-refractivity contribution in [2.45, 2.75) is 25.0 Å². The van der Waals surface area contributed by atoms with Crippen LogP contribution in [0.15, 0.2) is 48.5 Å². The number of hydrogen-bond acceptors (Lipinski definition) is 4. The minimum atomic E-state index is -0.571. The lowest BCUT2D eigenvalue weighted by atomic mass is 9.75. The zero-order chi connectivity index (χ0) is 18.1. The normalized spacial score (nSPS) is 23.0. The molecule has 0 spiro atoms. The Kier molecular flexibility index (Phi) is 4.42. The van der Waals surface area contributed by atoms with Gasteiger partial charge in [0.15, 0.2) is 0 Å². The summed E-state index contributed by atoms with van der Waals surface area (Å²) in [6, 6.07) is 15.4. The van der Waals surface area contributed by atoms with Gasteiger partial charge in [-0.05, 0) is 35.2 Å². The summed E-state index contributed by atoms with van der Waals surface area (Å²) < 4.78 is 5.29. The fraction of sp³-hybridized carbons (Fsp3) is 0.381. The molecule has 3 N–H and O–H groups in total. The van der Waals surface area contributed by atoms with E-state index in [1.165, 1.54) is 0 Å². The largest absolute Gasteiger partial charge is 0.497 e. The van der Waals surface area contributed by atoms with E-state index in [-0.39, 0.29) is 11.9 Å². The summed E-state index contributed by atoms with van der Waals surface area (Å²) >= 11 is 0. The van der Waals surface area contributed by atoms with Gasteiger partial charge in [-0.15, -0.1) is 0 Å². The standard InChI is InChI=1S/C21H24N2O3/c1-26-16-7-4-5-14(9-16)11-21(12-22-13-21)20(25)23-19-17-8-3-2-6-15(17)10-18(19)24/h2-9,18-19,22,24H,10-13H2,1H3,(H,23,25)/t18-,19+/m0/s1. The van der Waals surface area contributed by atoms with Gasteiger partial charge in [0.25, 0.3) is 0 Å². The maximum Gasteiger partial charge on any atom is 0.229 e. The van der Waals surface area contributed by atoms with Crippen LogP contribution in [0.25, 0.3) is 0 Å². The van der Waals surface area contributed by atoms with Crippen LogP contribution < -0.4 is 15.4 Å². The van der Waals surface area contributed by atoms with Crippen LogP contribution in [-0.2, 0) is 17.6 Å². The van der Waals surface area contributed by atoms with Crippen LogP contribution in [0.3, 0.4) is 0 Å². The molecule has 5 heteroatoms. The first-order chi connectivity index (χ1) is 12.6. The van der Waals surface area contributed by atoms with Gasteiger partial charge in [0, 0.05) is 19.5 Å². The average Bonchev–Trinajstić information content (AvgIpc) is 2.94. The number of ether oxygens (including phenoxy) is 1. The minimum Gasteiger partial charge on any atom is -0.497 e. The monoisotopic (exact) mass is 352 g/mol. The molecule has 1 aliphatic carbocycles. The van der Waals surface area contributed by atoms with E-state index in [1.54, 1.807) is 7.11 Å². The van der Waals surface area contributed by atoms with E-state index >= 15 is 0 Å². The van der Waals surface area contributed by atoms with Crippen molar-refractivity contribution in [3.63, 3.8) is 0 Å². The van der Waals surface area contributed by atoms with E-state index in [1.807, 2.05) is 48.5 Å². The van der Waals surface area contributed by atoms with Crippen LogP contribution in [-0.4, -0.2) is 37.3 Å². The van der Waals surface area contributed by atoms with Gasteiger partial charge in [0.05, 0.1) is 24.7 Å². The molecule has 136 valence electrons. The van der Waals surface area contributed by atoms with Gasteiger partial charge in [0.1, 0.15) is 5.75 Å². The Morgan fingerprint density at radius 2 is 2.08 bits per heavy atom. The van der Waals surface area contributed by atoms with Crippen molar-refractivity contribution in [3.8, 4) is 5.75 Å². The van der Waals surface area contributed by atoms with Gasteiger partial charge >= 0.3 is 0 Å². The molecule has 26 heavy (non-hydrogen) atoms. The zero-order valence-electron chi connectivity index (χ0n) is 14.9. The van der Waals surface area contributed by atoms with Crippen LogP contribution in [0.4, 0.5) is 0 Å². The molecule has 2 aliphatic rings. The Bertz CT molecular complexity index is 816. The third-order valence-electron chi connectivity index (χ3n) is 5.58. The quantitative estimate of drug-likeness (QED) is 0.764. The highest BCUT2D eigenvalue weighted by Crippen LogP contribution is 2.34. The van der Waals surface area contributed by atoms with Crippen molar-refractivity contribution in [2.24, 2.45) is 5.41 Å². The Balaban J connectivity index is 1.52. The lowest BCUT2D eigenvalue weighted by molar-refractivity contribution is -0.135. The number of methoxy groups -OCH3 is 1. The maximum atomic E-state index is 13.1. The lowest BCUT2D eigenvalue weighted by Crippen LogP contribution is -2.63. The van der Waals surface area contributed by atoms with Crippen LogP contribution in [0, 0.1) is 5.41 Å². The van der Waals surface area contributed by atoms with Crippen molar-refractivity contribution in [2.75, 3.05) is 20.2 Å². The molecule has 1 amide bonds. The van der Waals surface area contributed by atoms with Crippen LogP contribution >= 0.6 is 0 Å². The first-order valence-corrected chi connectivity index (χ1v) is 9.02. The summed E-state index contributed by atoms with van der Waals surface area (Å²) in [5.74, 6) is 0.797. The Morgan fingerprint density at radius 1 is 1.27 bits per heavy atom. The molecule has 0 bridgehead atoms. The second-order valence-corrected chi connectivity index (χ2v) is 7.33. The SMILES string of the molecule is COc1cccc(CC2(C(=O)N[C@@H]3c4ccccc4C[C@@H]3O)CNC2)c1. The number of aliphatic hydroxyl groups is 1. The van der Waals surface area contributed by atoms with E-state index in [2.05, 4.69) is 10.6 Å². The van der Waals surface area contributed by atoms with Crippen molar-refractivity contribution in [1.82, 2.24) is 10.6 Å². The average molecular weight is 352 g/mol. The number of amides is 1. The van der Waals surface area contributed by atoms with Gasteiger partial charge in [-0.25, -0.2) is 0 Å². The molecular formula is C21H24N2O3. The summed E-state index contributed by atoms with van der Waals surface area (Å²) in [7, 11) is 1.64. The molecule has 1 fully saturated rings. The number of hydrogen-bond donors (Lipinski definition) is 3. The smallest absolute Gasteiger partial charge is 0.229 e. The second kappa shape index (κ2) is 6.74. The maximum absolute atomic E-state index is 13.1. The summed E-state index contributed by atoms with van der Waals surface area (Å²) in [5, 5.41) is 16.8.